The molecule has 2 unspecified atom stereocenters. The summed E-state index contributed by atoms with van der Waals surface area (Å²) in [6, 6.07) is 6.80. The number of hydrogen-bond donors (Lipinski definition) is 2. The largest absolute Gasteiger partial charge is 0.494 e. The fourth-order valence-corrected chi connectivity index (χ4v) is 3.95. The summed E-state index contributed by atoms with van der Waals surface area (Å²) in [7, 11) is 0. The molecule has 2 heterocycles. The monoisotopic (exact) mass is 368 g/mol. The van der Waals surface area contributed by atoms with Gasteiger partial charge in [-0.1, -0.05) is 0 Å². The average Bonchev–Trinajstić information content (AvgIpc) is 2.89. The number of carbonyl (C=O) groups is 1. The van der Waals surface area contributed by atoms with Crippen molar-refractivity contribution in [1.82, 2.24) is 5.32 Å². The van der Waals surface area contributed by atoms with Crippen molar-refractivity contribution in [3.05, 3.63) is 18.2 Å². The first-order valence-electron chi connectivity index (χ1n) is 9.13. The third-order valence-corrected chi connectivity index (χ3v) is 4.88. The van der Waals surface area contributed by atoms with E-state index in [1.807, 2.05) is 32.0 Å². The predicted octanol–water partition coefficient (Wildman–Crippen LogP) is 3.77. The van der Waals surface area contributed by atoms with Gasteiger partial charge in [-0.25, -0.2) is 0 Å². The van der Waals surface area contributed by atoms with Gasteiger partial charge in [0.05, 0.1) is 18.9 Å². The summed E-state index contributed by atoms with van der Waals surface area (Å²) < 4.78 is 11.2. The normalized spacial score (nSPS) is 24.3. The second-order valence-corrected chi connectivity index (χ2v) is 6.75. The number of amides is 1. The van der Waals surface area contributed by atoms with E-state index < -0.39 is 0 Å². The Morgan fingerprint density at radius 3 is 2.48 bits per heavy atom. The first-order valence-corrected chi connectivity index (χ1v) is 9.13. The molecule has 2 saturated heterocycles. The van der Waals surface area contributed by atoms with E-state index in [1.165, 1.54) is 12.8 Å². The highest BCUT2D eigenvalue weighted by Crippen LogP contribution is 2.34. The maximum Gasteiger partial charge on any atom is 0.224 e. The number of halogens is 1. The number of hydrogen-bond acceptors (Lipinski definition) is 4. The van der Waals surface area contributed by atoms with Crippen LogP contribution in [0.1, 0.15) is 46.0 Å². The minimum Gasteiger partial charge on any atom is -0.494 e. The molecular formula is C19H29ClN2O3. The number of piperidine rings is 1. The molecule has 0 saturated carbocycles. The van der Waals surface area contributed by atoms with Gasteiger partial charge in [0.1, 0.15) is 11.5 Å². The third kappa shape index (κ3) is 5.25. The highest BCUT2D eigenvalue weighted by Gasteiger charge is 2.34. The molecule has 0 aromatic heterocycles. The molecule has 0 spiro atoms. The predicted molar refractivity (Wildman–Crippen MR) is 102 cm³/mol. The number of carbonyl (C=O) groups excluding carboxylic acids is 1. The number of nitrogens with one attached hydrogen (secondary N) is 2. The Hall–Kier alpha value is -1.46. The number of benzene rings is 1. The molecule has 25 heavy (non-hydrogen) atoms. The maximum atomic E-state index is 12.5. The zero-order valence-corrected chi connectivity index (χ0v) is 15.9. The fraction of sp³-hybridized carbons (Fsp3) is 0.632. The summed E-state index contributed by atoms with van der Waals surface area (Å²) in [4.78, 5) is 12.5. The van der Waals surface area contributed by atoms with E-state index in [1.54, 1.807) is 0 Å². The Kier molecular flexibility index (Phi) is 7.38. The van der Waals surface area contributed by atoms with Crippen molar-refractivity contribution in [2.24, 2.45) is 5.92 Å². The SMILES string of the molecule is CCOc1ccc(OCC)c(NC(=O)CC2CC3CCC(C2)N3)c1.Cl. The molecule has 2 atom stereocenters. The number of ether oxygens (including phenoxy) is 2. The van der Waals surface area contributed by atoms with Crippen LogP contribution in [-0.4, -0.2) is 31.2 Å². The highest BCUT2D eigenvalue weighted by molar-refractivity contribution is 5.92. The summed E-state index contributed by atoms with van der Waals surface area (Å²) in [5, 5.41) is 6.65. The van der Waals surface area contributed by atoms with E-state index in [4.69, 9.17) is 9.47 Å². The van der Waals surface area contributed by atoms with E-state index in [0.717, 1.165) is 18.6 Å². The van der Waals surface area contributed by atoms with Gasteiger partial charge in [0, 0.05) is 24.6 Å². The van der Waals surface area contributed by atoms with Gasteiger partial charge in [0.15, 0.2) is 0 Å². The zero-order valence-electron chi connectivity index (χ0n) is 15.0. The van der Waals surface area contributed by atoms with Crippen LogP contribution in [0.5, 0.6) is 11.5 Å². The number of fused-ring (bicyclic) bond motifs is 2. The minimum absolute atomic E-state index is 0. The van der Waals surface area contributed by atoms with Gasteiger partial charge >= 0.3 is 0 Å². The summed E-state index contributed by atoms with van der Waals surface area (Å²) in [5.41, 5.74) is 0.699. The molecule has 2 N–H and O–H groups in total. The number of rotatable bonds is 7. The van der Waals surface area contributed by atoms with Crippen molar-refractivity contribution < 1.29 is 14.3 Å². The summed E-state index contributed by atoms with van der Waals surface area (Å²) in [6.45, 7) is 5.04. The lowest BCUT2D eigenvalue weighted by Gasteiger charge is -2.28. The quantitative estimate of drug-likeness (QED) is 0.769. The van der Waals surface area contributed by atoms with Crippen LogP contribution >= 0.6 is 12.4 Å². The lowest BCUT2D eigenvalue weighted by atomic mass is 9.89. The van der Waals surface area contributed by atoms with Crippen LogP contribution in [0.15, 0.2) is 18.2 Å². The molecule has 1 aromatic rings. The lowest BCUT2D eigenvalue weighted by molar-refractivity contribution is -0.117. The van der Waals surface area contributed by atoms with Gasteiger partial charge < -0.3 is 20.1 Å². The zero-order chi connectivity index (χ0) is 16.9. The van der Waals surface area contributed by atoms with Gasteiger partial charge in [-0.15, -0.1) is 12.4 Å². The van der Waals surface area contributed by atoms with Gasteiger partial charge in [0.2, 0.25) is 5.91 Å². The molecule has 5 nitrogen and oxygen atoms in total. The van der Waals surface area contributed by atoms with Crippen LogP contribution < -0.4 is 20.1 Å². The molecule has 2 bridgehead atoms. The van der Waals surface area contributed by atoms with Gasteiger partial charge in [-0.3, -0.25) is 4.79 Å². The van der Waals surface area contributed by atoms with Crippen molar-refractivity contribution in [2.45, 2.75) is 58.0 Å². The first kappa shape index (κ1) is 19.9. The molecule has 0 radical (unpaired) electrons. The Labute approximate surface area is 156 Å². The Bertz CT molecular complexity index is 570. The molecule has 140 valence electrons. The van der Waals surface area contributed by atoms with Crippen LogP contribution in [0.25, 0.3) is 0 Å². The molecule has 2 aliphatic heterocycles. The molecular weight excluding hydrogens is 340 g/mol. The topological polar surface area (TPSA) is 59.6 Å². The van der Waals surface area contributed by atoms with Crippen molar-refractivity contribution in [1.29, 1.82) is 0 Å². The molecule has 6 heteroatoms. The Morgan fingerprint density at radius 1 is 1.16 bits per heavy atom. The van der Waals surface area contributed by atoms with Gasteiger partial charge in [-0.2, -0.15) is 0 Å². The lowest BCUT2D eigenvalue weighted by Crippen LogP contribution is -2.39. The second-order valence-electron chi connectivity index (χ2n) is 6.75. The van der Waals surface area contributed by atoms with Crippen molar-refractivity contribution in [3.8, 4) is 11.5 Å². The molecule has 0 aliphatic carbocycles. The van der Waals surface area contributed by atoms with Crippen LogP contribution in [-0.2, 0) is 4.79 Å². The standard InChI is InChI=1S/C19H28N2O3.ClH/c1-3-23-16-7-8-18(24-4-2)17(12-16)21-19(22)11-13-9-14-5-6-15(10-13)20-14;/h7-8,12-15,20H,3-6,9-11H2,1-2H3,(H,21,22);1H. The van der Waals surface area contributed by atoms with E-state index in [-0.39, 0.29) is 18.3 Å². The molecule has 3 rings (SSSR count). The Balaban J connectivity index is 0.00000225. The number of anilines is 1. The van der Waals surface area contributed by atoms with E-state index in [9.17, 15) is 4.79 Å². The maximum absolute atomic E-state index is 12.5. The summed E-state index contributed by atoms with van der Waals surface area (Å²) in [5.74, 6) is 1.99. The summed E-state index contributed by atoms with van der Waals surface area (Å²) >= 11 is 0. The molecule has 2 fully saturated rings. The van der Waals surface area contributed by atoms with Crippen molar-refractivity contribution >= 4 is 24.0 Å². The van der Waals surface area contributed by atoms with Gasteiger partial charge in [0.25, 0.3) is 0 Å². The van der Waals surface area contributed by atoms with Gasteiger partial charge in [-0.05, 0) is 57.6 Å². The minimum atomic E-state index is 0. The van der Waals surface area contributed by atoms with Crippen molar-refractivity contribution in [2.75, 3.05) is 18.5 Å². The Morgan fingerprint density at radius 2 is 1.84 bits per heavy atom. The van der Waals surface area contributed by atoms with E-state index in [2.05, 4.69) is 10.6 Å². The van der Waals surface area contributed by atoms with E-state index in [0.29, 0.717) is 49.1 Å². The van der Waals surface area contributed by atoms with Crippen LogP contribution in [0.2, 0.25) is 0 Å². The first-order chi connectivity index (χ1) is 11.7. The van der Waals surface area contributed by atoms with Crippen molar-refractivity contribution in [3.63, 3.8) is 0 Å². The summed E-state index contributed by atoms with van der Waals surface area (Å²) in [6.07, 6.45) is 5.32. The van der Waals surface area contributed by atoms with E-state index >= 15 is 0 Å². The highest BCUT2D eigenvalue weighted by atomic mass is 35.5. The molecule has 2 aliphatic rings. The molecule has 1 aromatic carbocycles. The molecule has 1 amide bonds. The van der Waals surface area contributed by atoms with Crippen LogP contribution in [0.4, 0.5) is 5.69 Å². The smallest absolute Gasteiger partial charge is 0.224 e. The fourth-order valence-electron chi connectivity index (χ4n) is 3.95. The van der Waals surface area contributed by atoms with Crippen LogP contribution in [0, 0.1) is 5.92 Å². The van der Waals surface area contributed by atoms with Crippen LogP contribution in [0.3, 0.4) is 0 Å². The third-order valence-electron chi connectivity index (χ3n) is 4.88. The second kappa shape index (κ2) is 9.30. The average molecular weight is 369 g/mol.